The van der Waals surface area contributed by atoms with Crippen LogP contribution in [0.1, 0.15) is 19.8 Å². The van der Waals surface area contributed by atoms with Crippen LogP contribution in [0.25, 0.3) is 0 Å². The molecule has 3 heterocycles. The van der Waals surface area contributed by atoms with E-state index in [1.807, 2.05) is 25.1 Å². The molecule has 1 spiro atoms. The molecule has 2 fully saturated rings. The molecule has 1 atom stereocenters. The number of carboxylic acid groups (broad SMARTS) is 1. The third-order valence-corrected chi connectivity index (χ3v) is 6.63. The summed E-state index contributed by atoms with van der Waals surface area (Å²) >= 11 is 0. The summed E-state index contributed by atoms with van der Waals surface area (Å²) in [6, 6.07) is 5.54. The number of hydrogen-bond donors (Lipinski definition) is 1. The van der Waals surface area contributed by atoms with Crippen molar-refractivity contribution in [2.45, 2.75) is 31.5 Å². The number of aromatic nitrogens is 1. The van der Waals surface area contributed by atoms with E-state index >= 15 is 0 Å². The highest BCUT2D eigenvalue weighted by Crippen LogP contribution is 2.41. The van der Waals surface area contributed by atoms with Gasteiger partial charge in [0, 0.05) is 37.9 Å². The third kappa shape index (κ3) is 6.03. The molecular formula is C17H23F3N2O6S. The molecule has 1 N–H and O–H groups in total. The minimum Gasteiger partial charge on any atom is -0.477 e. The lowest BCUT2D eigenvalue weighted by Gasteiger charge is -2.49. The zero-order valence-corrected chi connectivity index (χ0v) is 16.6. The van der Waals surface area contributed by atoms with Crippen LogP contribution in [0.2, 0.25) is 0 Å². The molecule has 0 aromatic carbocycles. The van der Waals surface area contributed by atoms with Gasteiger partial charge in [0.2, 0.25) is 15.9 Å². The molecule has 0 aliphatic carbocycles. The normalized spacial score (nSPS) is 21.2. The second kappa shape index (κ2) is 9.26. The first kappa shape index (κ1) is 23.4. The molecule has 164 valence electrons. The summed E-state index contributed by atoms with van der Waals surface area (Å²) in [5.41, 5.74) is -0.365. The van der Waals surface area contributed by atoms with E-state index in [1.54, 1.807) is 6.20 Å². The van der Waals surface area contributed by atoms with E-state index in [1.165, 1.54) is 4.31 Å². The average Bonchev–Trinajstić information content (AvgIpc) is 3.03. The zero-order chi connectivity index (χ0) is 21.7. The highest BCUT2D eigenvalue weighted by atomic mass is 32.2. The van der Waals surface area contributed by atoms with E-state index in [0.29, 0.717) is 38.6 Å². The summed E-state index contributed by atoms with van der Waals surface area (Å²) in [7, 11) is -3.13. The lowest BCUT2D eigenvalue weighted by molar-refractivity contribution is -0.192. The van der Waals surface area contributed by atoms with Crippen molar-refractivity contribution in [1.82, 2.24) is 9.29 Å². The fourth-order valence-electron chi connectivity index (χ4n) is 3.12. The standard InChI is InChI=1S/C15H22N2O4S.C2HF3O2/c1-2-9-22(18,19)17-11-15(12-17)13(6-8-21-15)10-20-14-5-3-4-7-16-14;3-2(4,5)1(6)7/h3-5,7,13H,2,6,8-12H2,1H3;(H,6,7). The number of nitrogens with zero attached hydrogens (tertiary/aromatic N) is 2. The summed E-state index contributed by atoms with van der Waals surface area (Å²) in [6.45, 7) is 3.95. The van der Waals surface area contributed by atoms with Gasteiger partial charge in [0.15, 0.2) is 0 Å². The molecular weight excluding hydrogens is 417 g/mol. The summed E-state index contributed by atoms with van der Waals surface area (Å²) < 4.78 is 69.0. The number of carbonyl (C=O) groups is 1. The highest BCUT2D eigenvalue weighted by Gasteiger charge is 2.56. The van der Waals surface area contributed by atoms with Gasteiger partial charge in [-0.3, -0.25) is 0 Å². The minimum atomic E-state index is -5.08. The van der Waals surface area contributed by atoms with Gasteiger partial charge in [-0.25, -0.2) is 18.2 Å². The molecule has 12 heteroatoms. The first-order chi connectivity index (χ1) is 13.5. The highest BCUT2D eigenvalue weighted by molar-refractivity contribution is 7.89. The Morgan fingerprint density at radius 1 is 1.41 bits per heavy atom. The Hall–Kier alpha value is -1.92. The lowest BCUT2D eigenvalue weighted by Crippen LogP contribution is -2.66. The number of carboxylic acids is 1. The van der Waals surface area contributed by atoms with E-state index in [0.717, 1.165) is 6.42 Å². The van der Waals surface area contributed by atoms with Crippen LogP contribution in [-0.2, 0) is 19.6 Å². The number of pyridine rings is 1. The molecule has 8 nitrogen and oxygen atoms in total. The fraction of sp³-hybridized carbons (Fsp3) is 0.647. The lowest BCUT2D eigenvalue weighted by atomic mass is 9.83. The molecule has 1 aromatic rings. The Morgan fingerprint density at radius 2 is 2.07 bits per heavy atom. The largest absolute Gasteiger partial charge is 0.490 e. The van der Waals surface area contributed by atoms with E-state index < -0.39 is 22.2 Å². The monoisotopic (exact) mass is 440 g/mol. The molecule has 2 aliphatic heterocycles. The predicted molar refractivity (Wildman–Crippen MR) is 95.9 cm³/mol. The van der Waals surface area contributed by atoms with Gasteiger partial charge in [-0.2, -0.15) is 17.5 Å². The van der Waals surface area contributed by atoms with Gasteiger partial charge in [-0.05, 0) is 18.9 Å². The smallest absolute Gasteiger partial charge is 0.477 e. The Bertz CT molecular complexity index is 782. The first-order valence-electron chi connectivity index (χ1n) is 8.96. The average molecular weight is 440 g/mol. The number of halogens is 3. The molecule has 0 saturated carbocycles. The molecule has 2 saturated heterocycles. The van der Waals surface area contributed by atoms with Crippen molar-refractivity contribution in [3.63, 3.8) is 0 Å². The quantitative estimate of drug-likeness (QED) is 0.720. The second-order valence-electron chi connectivity index (χ2n) is 6.76. The van der Waals surface area contributed by atoms with Crippen molar-refractivity contribution in [2.24, 2.45) is 5.92 Å². The van der Waals surface area contributed by atoms with Crippen LogP contribution in [0.5, 0.6) is 5.88 Å². The van der Waals surface area contributed by atoms with Crippen LogP contribution >= 0.6 is 0 Å². The van der Waals surface area contributed by atoms with Gasteiger partial charge >= 0.3 is 12.1 Å². The van der Waals surface area contributed by atoms with E-state index in [9.17, 15) is 21.6 Å². The van der Waals surface area contributed by atoms with Crippen LogP contribution in [0.15, 0.2) is 24.4 Å². The van der Waals surface area contributed by atoms with Crippen LogP contribution in [0.4, 0.5) is 13.2 Å². The van der Waals surface area contributed by atoms with Gasteiger partial charge in [0.1, 0.15) is 5.60 Å². The number of ether oxygens (including phenoxy) is 2. The molecule has 1 unspecified atom stereocenters. The number of hydrogen-bond acceptors (Lipinski definition) is 6. The number of sulfonamides is 1. The first-order valence-corrected chi connectivity index (χ1v) is 10.6. The predicted octanol–water partition coefficient (Wildman–Crippen LogP) is 1.92. The van der Waals surface area contributed by atoms with Crippen molar-refractivity contribution in [2.75, 3.05) is 32.1 Å². The van der Waals surface area contributed by atoms with E-state index in [2.05, 4.69) is 4.98 Å². The minimum absolute atomic E-state index is 0.207. The Labute approximate surface area is 166 Å². The van der Waals surface area contributed by atoms with Crippen molar-refractivity contribution in [1.29, 1.82) is 0 Å². The van der Waals surface area contributed by atoms with Gasteiger partial charge < -0.3 is 14.6 Å². The number of rotatable bonds is 6. The molecule has 1 aromatic heterocycles. The van der Waals surface area contributed by atoms with Crippen LogP contribution in [0, 0.1) is 5.92 Å². The Balaban J connectivity index is 0.000000370. The second-order valence-corrected chi connectivity index (χ2v) is 8.85. The molecule has 2 aliphatic rings. The van der Waals surface area contributed by atoms with Crippen LogP contribution < -0.4 is 4.74 Å². The summed E-state index contributed by atoms with van der Waals surface area (Å²) in [5.74, 6) is -1.74. The zero-order valence-electron chi connectivity index (χ0n) is 15.8. The molecule has 29 heavy (non-hydrogen) atoms. The van der Waals surface area contributed by atoms with Crippen LogP contribution in [-0.4, -0.2) is 72.6 Å². The topological polar surface area (TPSA) is 106 Å². The maximum Gasteiger partial charge on any atom is 0.490 e. The number of alkyl halides is 3. The Morgan fingerprint density at radius 3 is 2.59 bits per heavy atom. The maximum absolute atomic E-state index is 12.1. The fourth-order valence-corrected chi connectivity index (χ4v) is 4.73. The Kier molecular flexibility index (Phi) is 7.46. The number of aliphatic carboxylic acids is 1. The SMILES string of the molecule is CCCS(=O)(=O)N1CC2(C1)OCCC2COc1ccccn1.O=C(O)C(F)(F)F. The van der Waals surface area contributed by atoms with Crippen molar-refractivity contribution in [3.8, 4) is 5.88 Å². The van der Waals surface area contributed by atoms with Crippen molar-refractivity contribution < 1.29 is 41.0 Å². The van der Waals surface area contributed by atoms with Crippen molar-refractivity contribution >= 4 is 16.0 Å². The van der Waals surface area contributed by atoms with Gasteiger partial charge in [0.25, 0.3) is 0 Å². The van der Waals surface area contributed by atoms with Gasteiger partial charge in [-0.1, -0.05) is 13.0 Å². The van der Waals surface area contributed by atoms with E-state index in [-0.39, 0.29) is 17.3 Å². The molecule has 0 bridgehead atoms. The summed E-state index contributed by atoms with van der Waals surface area (Å²) in [5, 5.41) is 7.12. The van der Waals surface area contributed by atoms with Crippen molar-refractivity contribution in [3.05, 3.63) is 24.4 Å². The van der Waals surface area contributed by atoms with Gasteiger partial charge in [-0.15, -0.1) is 0 Å². The van der Waals surface area contributed by atoms with E-state index in [4.69, 9.17) is 19.4 Å². The van der Waals surface area contributed by atoms with Crippen LogP contribution in [0.3, 0.4) is 0 Å². The molecule has 0 amide bonds. The summed E-state index contributed by atoms with van der Waals surface area (Å²) in [4.78, 5) is 13.0. The maximum atomic E-state index is 12.1. The summed E-state index contributed by atoms with van der Waals surface area (Å²) in [6.07, 6.45) is -1.86. The third-order valence-electron chi connectivity index (χ3n) is 4.66. The molecule has 0 radical (unpaired) electrons. The van der Waals surface area contributed by atoms with Gasteiger partial charge in [0.05, 0.1) is 12.4 Å². The molecule has 3 rings (SSSR count).